The molecule has 0 unspecified atom stereocenters. The number of carbonyl (C=O) groups excluding carboxylic acids is 3. The number of hydrogen-bond donors (Lipinski definition) is 1. The number of Topliss-reactive ketones (excluding diaryl/α,β-unsaturated/α-hetero) is 1. The molecular formula is C19H13ClFNO4. The third-order valence-corrected chi connectivity index (χ3v) is 4.04. The molecule has 1 aliphatic heterocycles. The van der Waals surface area contributed by atoms with Crippen LogP contribution in [-0.2, 0) is 20.7 Å². The Hall–Kier alpha value is -2.99. The van der Waals surface area contributed by atoms with E-state index in [0.717, 1.165) is 11.6 Å². The van der Waals surface area contributed by atoms with Crippen molar-refractivity contribution in [2.24, 2.45) is 0 Å². The van der Waals surface area contributed by atoms with Crippen LogP contribution < -0.4 is 5.32 Å². The molecule has 132 valence electrons. The SMILES string of the molecule is O=C1Cc2cc(C(=O)COC(=O)/C=C/c3ccc(F)c(Cl)c3)ccc2N1. The molecule has 2 aromatic carbocycles. The minimum absolute atomic E-state index is 0.0553. The standard InChI is InChI=1S/C19H13ClFNO4/c20-14-7-11(1-4-15(14)21)2-6-19(25)26-10-17(23)12-3-5-16-13(8-12)9-18(24)22-16/h1-8H,9-10H2,(H,22,24)/b6-2+. The summed E-state index contributed by atoms with van der Waals surface area (Å²) >= 11 is 5.65. The fourth-order valence-corrected chi connectivity index (χ4v) is 2.64. The second kappa shape index (κ2) is 7.49. The highest BCUT2D eigenvalue weighted by Crippen LogP contribution is 2.24. The molecule has 1 heterocycles. The number of carbonyl (C=O) groups is 3. The molecule has 0 fully saturated rings. The van der Waals surface area contributed by atoms with Crippen LogP contribution in [-0.4, -0.2) is 24.3 Å². The Morgan fingerprint density at radius 1 is 1.23 bits per heavy atom. The molecule has 1 amide bonds. The van der Waals surface area contributed by atoms with Gasteiger partial charge in [-0.05, 0) is 47.5 Å². The van der Waals surface area contributed by atoms with Crippen LogP contribution in [0.5, 0.6) is 0 Å². The number of nitrogens with one attached hydrogen (secondary N) is 1. The Kier molecular flexibility index (Phi) is 5.14. The van der Waals surface area contributed by atoms with Gasteiger partial charge in [-0.2, -0.15) is 0 Å². The summed E-state index contributed by atoms with van der Waals surface area (Å²) in [6, 6.07) is 8.83. The Balaban J connectivity index is 1.56. The number of fused-ring (bicyclic) bond motifs is 1. The fourth-order valence-electron chi connectivity index (χ4n) is 2.45. The van der Waals surface area contributed by atoms with Crippen molar-refractivity contribution in [2.75, 3.05) is 11.9 Å². The molecule has 7 heteroatoms. The lowest BCUT2D eigenvalue weighted by atomic mass is 10.1. The van der Waals surface area contributed by atoms with Gasteiger partial charge < -0.3 is 10.1 Å². The summed E-state index contributed by atoms with van der Waals surface area (Å²) < 4.78 is 18.0. The number of anilines is 1. The molecule has 0 radical (unpaired) electrons. The lowest BCUT2D eigenvalue weighted by Gasteiger charge is -2.04. The highest BCUT2D eigenvalue weighted by atomic mass is 35.5. The molecule has 0 saturated heterocycles. The van der Waals surface area contributed by atoms with Crippen molar-refractivity contribution in [1.29, 1.82) is 0 Å². The molecule has 3 rings (SSSR count). The summed E-state index contributed by atoms with van der Waals surface area (Å²) in [6.45, 7) is -0.423. The van der Waals surface area contributed by atoms with Crippen LogP contribution in [0.3, 0.4) is 0 Å². The Morgan fingerprint density at radius 3 is 2.81 bits per heavy atom. The minimum Gasteiger partial charge on any atom is -0.454 e. The fraction of sp³-hybridized carbons (Fsp3) is 0.105. The van der Waals surface area contributed by atoms with Gasteiger partial charge in [0.25, 0.3) is 0 Å². The van der Waals surface area contributed by atoms with Crippen molar-refractivity contribution in [3.63, 3.8) is 0 Å². The van der Waals surface area contributed by atoms with Crippen LogP contribution in [0.2, 0.25) is 5.02 Å². The van der Waals surface area contributed by atoms with Gasteiger partial charge in [0, 0.05) is 17.3 Å². The first-order chi connectivity index (χ1) is 12.4. The molecule has 0 saturated carbocycles. The van der Waals surface area contributed by atoms with E-state index in [2.05, 4.69) is 5.32 Å². The van der Waals surface area contributed by atoms with E-state index in [1.165, 1.54) is 24.3 Å². The highest BCUT2D eigenvalue weighted by molar-refractivity contribution is 6.30. The van der Waals surface area contributed by atoms with Crippen molar-refractivity contribution in [1.82, 2.24) is 0 Å². The Bertz CT molecular complexity index is 939. The maximum atomic E-state index is 13.1. The topological polar surface area (TPSA) is 72.5 Å². The number of ether oxygens (including phenoxy) is 1. The number of halogens is 2. The van der Waals surface area contributed by atoms with E-state index in [-0.39, 0.29) is 23.1 Å². The Morgan fingerprint density at radius 2 is 2.04 bits per heavy atom. The molecule has 1 aliphatic rings. The maximum Gasteiger partial charge on any atom is 0.331 e. The van der Waals surface area contributed by atoms with Crippen LogP contribution in [0.25, 0.3) is 6.08 Å². The molecule has 0 aromatic heterocycles. The van der Waals surface area contributed by atoms with E-state index in [0.29, 0.717) is 16.8 Å². The molecule has 0 spiro atoms. The number of benzene rings is 2. The van der Waals surface area contributed by atoms with Gasteiger partial charge in [-0.15, -0.1) is 0 Å². The first-order valence-electron chi connectivity index (χ1n) is 7.68. The number of rotatable bonds is 5. The molecular weight excluding hydrogens is 361 g/mol. The zero-order valence-corrected chi connectivity index (χ0v) is 14.2. The predicted octanol–water partition coefficient (Wildman–Crippen LogP) is 3.41. The van der Waals surface area contributed by atoms with E-state index < -0.39 is 18.4 Å². The first kappa shape index (κ1) is 17.8. The van der Waals surface area contributed by atoms with Gasteiger partial charge in [0.05, 0.1) is 11.4 Å². The summed E-state index contributed by atoms with van der Waals surface area (Å²) in [5, 5.41) is 2.62. The Labute approximate surface area is 153 Å². The van der Waals surface area contributed by atoms with Crippen molar-refractivity contribution in [2.45, 2.75) is 6.42 Å². The molecule has 5 nitrogen and oxygen atoms in total. The van der Waals surface area contributed by atoms with Crippen molar-refractivity contribution >= 4 is 41.0 Å². The van der Waals surface area contributed by atoms with Gasteiger partial charge in [0.2, 0.25) is 5.91 Å². The highest BCUT2D eigenvalue weighted by Gasteiger charge is 2.19. The third kappa shape index (κ3) is 4.15. The molecule has 0 bridgehead atoms. The van der Waals surface area contributed by atoms with E-state index in [4.69, 9.17) is 16.3 Å². The lowest BCUT2D eigenvalue weighted by molar-refractivity contribution is -0.136. The largest absolute Gasteiger partial charge is 0.454 e. The van der Waals surface area contributed by atoms with Crippen molar-refractivity contribution < 1.29 is 23.5 Å². The normalized spacial score (nSPS) is 12.8. The first-order valence-corrected chi connectivity index (χ1v) is 8.06. The van der Waals surface area contributed by atoms with Gasteiger partial charge in [-0.1, -0.05) is 17.7 Å². The maximum absolute atomic E-state index is 13.1. The van der Waals surface area contributed by atoms with E-state index in [9.17, 15) is 18.8 Å². The average Bonchev–Trinajstić information content (AvgIpc) is 2.99. The molecule has 26 heavy (non-hydrogen) atoms. The van der Waals surface area contributed by atoms with E-state index in [1.807, 2.05) is 0 Å². The smallest absolute Gasteiger partial charge is 0.331 e. The van der Waals surface area contributed by atoms with Gasteiger partial charge in [0.15, 0.2) is 12.4 Å². The van der Waals surface area contributed by atoms with Crippen LogP contribution in [0.15, 0.2) is 42.5 Å². The minimum atomic E-state index is -0.711. The van der Waals surface area contributed by atoms with Gasteiger partial charge in [-0.25, -0.2) is 9.18 Å². The third-order valence-electron chi connectivity index (χ3n) is 3.75. The van der Waals surface area contributed by atoms with E-state index in [1.54, 1.807) is 18.2 Å². The second-order valence-electron chi connectivity index (χ2n) is 5.63. The van der Waals surface area contributed by atoms with Crippen LogP contribution in [0, 0.1) is 5.82 Å². The van der Waals surface area contributed by atoms with Crippen molar-refractivity contribution in [3.8, 4) is 0 Å². The summed E-state index contributed by atoms with van der Waals surface area (Å²) in [7, 11) is 0. The molecule has 1 N–H and O–H groups in total. The van der Waals surface area contributed by atoms with Gasteiger partial charge in [-0.3, -0.25) is 9.59 Å². The second-order valence-corrected chi connectivity index (χ2v) is 6.04. The molecule has 2 aromatic rings. The van der Waals surface area contributed by atoms with E-state index >= 15 is 0 Å². The number of ketones is 1. The van der Waals surface area contributed by atoms with Crippen LogP contribution in [0.4, 0.5) is 10.1 Å². The number of hydrogen-bond acceptors (Lipinski definition) is 4. The molecule has 0 atom stereocenters. The lowest BCUT2D eigenvalue weighted by Crippen LogP contribution is -2.12. The van der Waals surface area contributed by atoms with Crippen molar-refractivity contribution in [3.05, 3.63) is 70.0 Å². The van der Waals surface area contributed by atoms with Gasteiger partial charge >= 0.3 is 5.97 Å². The van der Waals surface area contributed by atoms with Crippen LogP contribution in [0.1, 0.15) is 21.5 Å². The summed E-state index contributed by atoms with van der Waals surface area (Å²) in [4.78, 5) is 35.2. The summed E-state index contributed by atoms with van der Waals surface area (Å²) in [6.07, 6.45) is 2.76. The quantitative estimate of drug-likeness (QED) is 0.495. The monoisotopic (exact) mass is 373 g/mol. The van der Waals surface area contributed by atoms with Gasteiger partial charge in [0.1, 0.15) is 5.82 Å². The zero-order valence-electron chi connectivity index (χ0n) is 13.4. The zero-order chi connectivity index (χ0) is 18.7. The predicted molar refractivity (Wildman–Crippen MR) is 94.5 cm³/mol. The number of esters is 1. The molecule has 0 aliphatic carbocycles. The van der Waals surface area contributed by atoms with Crippen LogP contribution >= 0.6 is 11.6 Å². The summed E-state index contributed by atoms with van der Waals surface area (Å²) in [5.74, 6) is -1.76. The number of amides is 1. The average molecular weight is 374 g/mol. The summed E-state index contributed by atoms with van der Waals surface area (Å²) in [5.41, 5.74) is 2.31.